The van der Waals surface area contributed by atoms with Crippen LogP contribution in [0.5, 0.6) is 0 Å². The second-order valence-electron chi connectivity index (χ2n) is 6.05. The largest absolute Gasteiger partial charge is 0.396 e. The van der Waals surface area contributed by atoms with Crippen molar-refractivity contribution in [2.45, 2.75) is 59.0 Å². The molecule has 0 aliphatic carbocycles. The highest BCUT2D eigenvalue weighted by atomic mass is 16.3. The lowest BCUT2D eigenvalue weighted by atomic mass is 9.96. The van der Waals surface area contributed by atoms with Gasteiger partial charge < -0.3 is 10.4 Å². The Morgan fingerprint density at radius 3 is 2.50 bits per heavy atom. The highest BCUT2D eigenvalue weighted by Crippen LogP contribution is 2.19. The second kappa shape index (κ2) is 6.35. The quantitative estimate of drug-likeness (QED) is 0.810. The number of nitrogens with one attached hydrogen (secondary N) is 1. The molecule has 2 N–H and O–H groups in total. The maximum Gasteiger partial charge on any atom is 0.0448 e. The summed E-state index contributed by atoms with van der Waals surface area (Å²) in [5, 5.41) is 12.6. The van der Waals surface area contributed by atoms with Crippen LogP contribution in [-0.2, 0) is 6.54 Å². The van der Waals surface area contributed by atoms with E-state index >= 15 is 0 Å². The van der Waals surface area contributed by atoms with E-state index in [4.69, 9.17) is 5.11 Å². The van der Waals surface area contributed by atoms with Crippen LogP contribution in [0.1, 0.15) is 56.7 Å². The first-order valence-electron chi connectivity index (χ1n) is 6.81. The van der Waals surface area contributed by atoms with Gasteiger partial charge in [0.05, 0.1) is 0 Å². The highest BCUT2D eigenvalue weighted by Gasteiger charge is 2.16. The van der Waals surface area contributed by atoms with Crippen LogP contribution in [0.2, 0.25) is 0 Å². The Morgan fingerprint density at radius 1 is 1.28 bits per heavy atom. The van der Waals surface area contributed by atoms with Crippen LogP contribution in [0, 0.1) is 6.92 Å². The van der Waals surface area contributed by atoms with Gasteiger partial charge in [0.2, 0.25) is 0 Å². The predicted molar refractivity (Wildman–Crippen MR) is 77.9 cm³/mol. The van der Waals surface area contributed by atoms with Gasteiger partial charge >= 0.3 is 0 Å². The first kappa shape index (κ1) is 15.2. The van der Waals surface area contributed by atoms with Crippen molar-refractivity contribution < 1.29 is 5.11 Å². The van der Waals surface area contributed by atoms with E-state index in [1.807, 2.05) is 0 Å². The third-order valence-electron chi connectivity index (χ3n) is 3.53. The topological polar surface area (TPSA) is 32.3 Å². The molecule has 0 spiro atoms. The summed E-state index contributed by atoms with van der Waals surface area (Å²) in [6.07, 6.45) is 0.774. The van der Waals surface area contributed by atoms with E-state index in [1.165, 1.54) is 16.7 Å². The van der Waals surface area contributed by atoms with Gasteiger partial charge in [0.1, 0.15) is 0 Å². The fourth-order valence-corrected chi connectivity index (χ4v) is 1.94. The summed E-state index contributed by atoms with van der Waals surface area (Å²) in [4.78, 5) is 0. The molecule has 18 heavy (non-hydrogen) atoms. The van der Waals surface area contributed by atoms with Crippen LogP contribution in [0.3, 0.4) is 0 Å². The third-order valence-corrected chi connectivity index (χ3v) is 3.53. The number of aryl methyl sites for hydroxylation is 1. The Bertz CT molecular complexity index is 383. The van der Waals surface area contributed by atoms with Crippen molar-refractivity contribution in [2.75, 3.05) is 6.61 Å². The first-order valence-corrected chi connectivity index (χ1v) is 6.81. The van der Waals surface area contributed by atoms with Gasteiger partial charge in [-0.3, -0.25) is 0 Å². The van der Waals surface area contributed by atoms with Gasteiger partial charge in [0, 0.05) is 18.7 Å². The van der Waals surface area contributed by atoms with E-state index in [1.54, 1.807) is 0 Å². The Kier molecular flexibility index (Phi) is 5.36. The molecule has 0 heterocycles. The average molecular weight is 249 g/mol. The third kappa shape index (κ3) is 4.43. The lowest BCUT2D eigenvalue weighted by molar-refractivity contribution is 0.230. The molecule has 0 fully saturated rings. The molecule has 0 aromatic heterocycles. The van der Waals surface area contributed by atoms with Crippen LogP contribution < -0.4 is 5.32 Å². The van der Waals surface area contributed by atoms with Gasteiger partial charge in [-0.25, -0.2) is 0 Å². The van der Waals surface area contributed by atoms with Gasteiger partial charge in [-0.2, -0.15) is 0 Å². The number of aliphatic hydroxyl groups excluding tert-OH is 1. The van der Waals surface area contributed by atoms with Crippen LogP contribution in [0.15, 0.2) is 18.2 Å². The van der Waals surface area contributed by atoms with Crippen molar-refractivity contribution in [3.63, 3.8) is 0 Å². The summed E-state index contributed by atoms with van der Waals surface area (Å²) >= 11 is 0. The monoisotopic (exact) mass is 249 g/mol. The van der Waals surface area contributed by atoms with Crippen molar-refractivity contribution in [3.05, 3.63) is 34.9 Å². The summed E-state index contributed by atoms with van der Waals surface area (Å²) in [5.74, 6) is 0.565. The minimum Gasteiger partial charge on any atom is -0.396 e. The molecule has 1 aromatic rings. The summed E-state index contributed by atoms with van der Waals surface area (Å²) < 4.78 is 0. The summed E-state index contributed by atoms with van der Waals surface area (Å²) in [6.45, 7) is 11.9. The normalized spacial score (nSPS) is 12.2. The predicted octanol–water partition coefficient (Wildman–Crippen LogP) is 3.37. The van der Waals surface area contributed by atoms with E-state index in [0.29, 0.717) is 5.92 Å². The van der Waals surface area contributed by atoms with Crippen molar-refractivity contribution in [1.29, 1.82) is 0 Å². The Morgan fingerprint density at radius 2 is 1.94 bits per heavy atom. The van der Waals surface area contributed by atoms with Crippen molar-refractivity contribution in [1.82, 2.24) is 5.32 Å². The SMILES string of the molecule is Cc1ccc(C(C)C)cc1CNC(C)(C)CCO. The molecule has 1 rings (SSSR count). The van der Waals surface area contributed by atoms with E-state index in [0.717, 1.165) is 13.0 Å². The zero-order valence-corrected chi connectivity index (χ0v) is 12.4. The fourth-order valence-electron chi connectivity index (χ4n) is 1.94. The highest BCUT2D eigenvalue weighted by molar-refractivity contribution is 5.32. The molecule has 0 saturated carbocycles. The van der Waals surface area contributed by atoms with Gasteiger partial charge in [0.25, 0.3) is 0 Å². The van der Waals surface area contributed by atoms with Crippen LogP contribution >= 0.6 is 0 Å². The maximum atomic E-state index is 9.03. The van der Waals surface area contributed by atoms with Crippen molar-refractivity contribution in [2.24, 2.45) is 0 Å². The van der Waals surface area contributed by atoms with Gasteiger partial charge in [-0.15, -0.1) is 0 Å². The molecule has 102 valence electrons. The molecule has 0 radical (unpaired) electrons. The standard InChI is InChI=1S/C16H27NO/c1-12(2)14-7-6-13(3)15(10-14)11-17-16(4,5)8-9-18/h6-7,10,12,17-18H,8-9,11H2,1-5H3. The lowest BCUT2D eigenvalue weighted by Crippen LogP contribution is -2.39. The molecule has 2 nitrogen and oxygen atoms in total. The molecule has 0 saturated heterocycles. The molecular weight excluding hydrogens is 222 g/mol. The number of hydrogen-bond donors (Lipinski definition) is 2. The van der Waals surface area contributed by atoms with E-state index in [-0.39, 0.29) is 12.1 Å². The number of rotatable bonds is 6. The lowest BCUT2D eigenvalue weighted by Gasteiger charge is -2.26. The minimum atomic E-state index is -0.0188. The summed E-state index contributed by atoms with van der Waals surface area (Å²) in [6, 6.07) is 6.70. The molecule has 0 unspecified atom stereocenters. The van der Waals surface area contributed by atoms with Gasteiger partial charge in [-0.05, 0) is 49.8 Å². The zero-order chi connectivity index (χ0) is 13.8. The number of hydrogen-bond acceptors (Lipinski definition) is 2. The van der Waals surface area contributed by atoms with Crippen LogP contribution in [-0.4, -0.2) is 17.3 Å². The van der Waals surface area contributed by atoms with Crippen LogP contribution in [0.25, 0.3) is 0 Å². The van der Waals surface area contributed by atoms with E-state index in [9.17, 15) is 0 Å². The zero-order valence-electron chi connectivity index (χ0n) is 12.4. The average Bonchev–Trinajstić information content (AvgIpc) is 2.27. The van der Waals surface area contributed by atoms with E-state index < -0.39 is 0 Å². The van der Waals surface area contributed by atoms with Gasteiger partial charge in [0.15, 0.2) is 0 Å². The first-order chi connectivity index (χ1) is 8.35. The molecule has 1 aromatic carbocycles. The number of aliphatic hydroxyl groups is 1. The van der Waals surface area contributed by atoms with Crippen molar-refractivity contribution in [3.8, 4) is 0 Å². The molecule has 0 atom stereocenters. The van der Waals surface area contributed by atoms with Crippen molar-refractivity contribution >= 4 is 0 Å². The molecule has 2 heteroatoms. The maximum absolute atomic E-state index is 9.03. The summed E-state index contributed by atoms with van der Waals surface area (Å²) in [5.41, 5.74) is 4.05. The van der Waals surface area contributed by atoms with E-state index in [2.05, 4.69) is 58.1 Å². The Labute approximate surface area is 111 Å². The van der Waals surface area contributed by atoms with Gasteiger partial charge in [-0.1, -0.05) is 32.0 Å². The molecule has 0 amide bonds. The smallest absolute Gasteiger partial charge is 0.0448 e. The Hall–Kier alpha value is -0.860. The Balaban J connectivity index is 2.75. The minimum absolute atomic E-state index is 0.0188. The summed E-state index contributed by atoms with van der Waals surface area (Å²) in [7, 11) is 0. The molecule has 0 aliphatic heterocycles. The fraction of sp³-hybridized carbons (Fsp3) is 0.625. The van der Waals surface area contributed by atoms with Crippen LogP contribution in [0.4, 0.5) is 0 Å². The second-order valence-corrected chi connectivity index (χ2v) is 6.05. The number of benzene rings is 1. The molecular formula is C16H27NO. The molecule has 0 bridgehead atoms. The molecule has 0 aliphatic rings.